The summed E-state index contributed by atoms with van der Waals surface area (Å²) in [6.45, 7) is 2.86. The van der Waals surface area contributed by atoms with Gasteiger partial charge in [-0.15, -0.1) is 0 Å². The molecule has 0 radical (unpaired) electrons. The van der Waals surface area contributed by atoms with E-state index in [1.54, 1.807) is 0 Å². The van der Waals surface area contributed by atoms with E-state index in [0.29, 0.717) is 0 Å². The summed E-state index contributed by atoms with van der Waals surface area (Å²) in [5.74, 6) is -4.20. The Balaban J connectivity index is 4.88. The molecule has 0 aromatic carbocycles. The van der Waals surface area contributed by atoms with Crippen molar-refractivity contribution in [2.75, 3.05) is 7.05 Å². The molecule has 0 heterocycles. The fourth-order valence-corrected chi connectivity index (χ4v) is 1.22. The van der Waals surface area contributed by atoms with Gasteiger partial charge in [-0.05, 0) is 5.92 Å². The predicted octanol–water partition coefficient (Wildman–Crippen LogP) is 1.12. The number of nitrogens with zero attached hydrogens (tertiary/aromatic N) is 1. The molecule has 1 amide bonds. The number of carbonyl (C=O) groups is 2. The van der Waals surface area contributed by atoms with Crippen LogP contribution in [0.2, 0.25) is 0 Å². The number of hydrogen-bond donors (Lipinski definition) is 1. The Labute approximate surface area is 84.7 Å². The van der Waals surface area contributed by atoms with E-state index >= 15 is 0 Å². The summed E-state index contributed by atoms with van der Waals surface area (Å²) >= 11 is 0. The van der Waals surface area contributed by atoms with Crippen LogP contribution in [0.15, 0.2) is 0 Å². The van der Waals surface area contributed by atoms with Crippen molar-refractivity contribution >= 4 is 11.9 Å². The van der Waals surface area contributed by atoms with E-state index in [0.717, 1.165) is 7.05 Å². The SMILES string of the molecule is CC(C)C(C(=O)O)N(C)C(=O)C(F)(F)F. The van der Waals surface area contributed by atoms with Crippen LogP contribution in [-0.4, -0.2) is 41.1 Å². The van der Waals surface area contributed by atoms with Gasteiger partial charge in [-0.2, -0.15) is 13.2 Å². The number of halogens is 3. The number of carbonyl (C=O) groups excluding carboxylic acids is 1. The highest BCUT2D eigenvalue weighted by molar-refractivity contribution is 5.86. The molecule has 0 aliphatic carbocycles. The minimum Gasteiger partial charge on any atom is -0.480 e. The van der Waals surface area contributed by atoms with Crippen molar-refractivity contribution in [3.63, 3.8) is 0 Å². The first kappa shape index (κ1) is 13.7. The third kappa shape index (κ3) is 3.41. The quantitative estimate of drug-likeness (QED) is 0.785. The molecule has 0 aromatic rings. The van der Waals surface area contributed by atoms with E-state index < -0.39 is 30.0 Å². The lowest BCUT2D eigenvalue weighted by molar-refractivity contribution is -0.189. The fraction of sp³-hybridized carbons (Fsp3) is 0.750. The number of rotatable bonds is 3. The molecule has 1 unspecified atom stereocenters. The van der Waals surface area contributed by atoms with Crippen LogP contribution in [0.3, 0.4) is 0 Å². The molecule has 0 fully saturated rings. The smallest absolute Gasteiger partial charge is 0.471 e. The number of carboxylic acid groups (broad SMARTS) is 1. The minimum atomic E-state index is -5.04. The number of carboxylic acids is 1. The molecule has 0 aromatic heterocycles. The summed E-state index contributed by atoms with van der Waals surface area (Å²) in [6, 6.07) is -1.47. The molecule has 0 aliphatic rings. The maximum Gasteiger partial charge on any atom is 0.471 e. The van der Waals surface area contributed by atoms with E-state index in [1.165, 1.54) is 13.8 Å². The molecule has 4 nitrogen and oxygen atoms in total. The molecule has 1 N–H and O–H groups in total. The number of alkyl halides is 3. The number of hydrogen-bond acceptors (Lipinski definition) is 2. The van der Waals surface area contributed by atoms with Crippen LogP contribution in [0.25, 0.3) is 0 Å². The van der Waals surface area contributed by atoms with Crippen LogP contribution in [0, 0.1) is 5.92 Å². The molecular weight excluding hydrogens is 215 g/mol. The summed E-state index contributed by atoms with van der Waals surface area (Å²) in [4.78, 5) is 21.6. The van der Waals surface area contributed by atoms with Gasteiger partial charge in [0.2, 0.25) is 0 Å². The van der Waals surface area contributed by atoms with Gasteiger partial charge >= 0.3 is 18.1 Å². The first-order chi connectivity index (χ1) is 6.59. The summed E-state index contributed by atoms with van der Waals surface area (Å²) in [5.41, 5.74) is 0. The van der Waals surface area contributed by atoms with Crippen molar-refractivity contribution in [2.24, 2.45) is 5.92 Å². The maximum absolute atomic E-state index is 12.0. The van der Waals surface area contributed by atoms with Crippen molar-refractivity contribution in [1.82, 2.24) is 4.90 Å². The van der Waals surface area contributed by atoms with E-state index in [2.05, 4.69) is 0 Å². The fourth-order valence-electron chi connectivity index (χ4n) is 1.22. The molecule has 15 heavy (non-hydrogen) atoms. The second kappa shape index (κ2) is 4.50. The standard InChI is InChI=1S/C8H12F3NO3/c1-4(2)5(6(13)14)12(3)7(15)8(9,10)11/h4-5H,1-3H3,(H,13,14). The van der Waals surface area contributed by atoms with Gasteiger partial charge in [0.1, 0.15) is 6.04 Å². The van der Waals surface area contributed by atoms with E-state index in [1.807, 2.05) is 0 Å². The average Bonchev–Trinajstić information content (AvgIpc) is 1.99. The van der Waals surface area contributed by atoms with E-state index in [4.69, 9.17) is 5.11 Å². The van der Waals surface area contributed by atoms with Gasteiger partial charge < -0.3 is 10.0 Å². The van der Waals surface area contributed by atoms with Crippen molar-refractivity contribution in [3.05, 3.63) is 0 Å². The zero-order valence-electron chi connectivity index (χ0n) is 8.50. The topological polar surface area (TPSA) is 57.6 Å². The van der Waals surface area contributed by atoms with Gasteiger partial charge in [-0.3, -0.25) is 4.79 Å². The Morgan fingerprint density at radius 3 is 1.87 bits per heavy atom. The van der Waals surface area contributed by atoms with Gasteiger partial charge in [0.25, 0.3) is 0 Å². The van der Waals surface area contributed by atoms with E-state index in [9.17, 15) is 22.8 Å². The molecule has 0 spiro atoms. The molecule has 7 heteroatoms. The van der Waals surface area contributed by atoms with Crippen LogP contribution in [0.4, 0.5) is 13.2 Å². The summed E-state index contributed by atoms with van der Waals surface area (Å²) in [7, 11) is 0.828. The van der Waals surface area contributed by atoms with Crippen LogP contribution >= 0.6 is 0 Å². The Bertz CT molecular complexity index is 262. The minimum absolute atomic E-state index is 0.201. The molecular formula is C8H12F3NO3. The van der Waals surface area contributed by atoms with Crippen LogP contribution in [0.5, 0.6) is 0 Å². The van der Waals surface area contributed by atoms with Crippen molar-refractivity contribution in [1.29, 1.82) is 0 Å². The monoisotopic (exact) mass is 227 g/mol. The summed E-state index contributed by atoms with van der Waals surface area (Å²) < 4.78 is 36.0. The number of amides is 1. The predicted molar refractivity (Wildman–Crippen MR) is 45.1 cm³/mol. The van der Waals surface area contributed by atoms with Crippen molar-refractivity contribution in [2.45, 2.75) is 26.1 Å². The number of aliphatic carboxylic acids is 1. The lowest BCUT2D eigenvalue weighted by atomic mass is 10.0. The lowest BCUT2D eigenvalue weighted by Gasteiger charge is -2.28. The van der Waals surface area contributed by atoms with Gasteiger partial charge in [0.15, 0.2) is 0 Å². The molecule has 0 saturated carbocycles. The zero-order valence-corrected chi connectivity index (χ0v) is 8.50. The Morgan fingerprint density at radius 1 is 1.27 bits per heavy atom. The van der Waals surface area contributed by atoms with Gasteiger partial charge in [0.05, 0.1) is 0 Å². The van der Waals surface area contributed by atoms with Crippen LogP contribution < -0.4 is 0 Å². The highest BCUT2D eigenvalue weighted by Crippen LogP contribution is 2.21. The van der Waals surface area contributed by atoms with Crippen LogP contribution in [-0.2, 0) is 9.59 Å². The second-order valence-corrected chi connectivity index (χ2v) is 3.44. The van der Waals surface area contributed by atoms with Gasteiger partial charge in [0, 0.05) is 7.05 Å². The molecule has 0 saturated heterocycles. The summed E-state index contributed by atoms with van der Waals surface area (Å²) in [5, 5.41) is 8.67. The number of likely N-dealkylation sites (N-methyl/N-ethyl adjacent to an activating group) is 1. The average molecular weight is 227 g/mol. The highest BCUT2D eigenvalue weighted by Gasteiger charge is 2.45. The lowest BCUT2D eigenvalue weighted by Crippen LogP contribution is -2.50. The Hall–Kier alpha value is -1.27. The third-order valence-corrected chi connectivity index (χ3v) is 1.86. The molecule has 0 aliphatic heterocycles. The summed E-state index contributed by atoms with van der Waals surface area (Å²) in [6.07, 6.45) is -5.04. The normalized spacial score (nSPS) is 13.8. The largest absolute Gasteiger partial charge is 0.480 e. The Kier molecular flexibility index (Phi) is 4.12. The highest BCUT2D eigenvalue weighted by atomic mass is 19.4. The van der Waals surface area contributed by atoms with Crippen molar-refractivity contribution < 1.29 is 27.9 Å². The first-order valence-corrected chi connectivity index (χ1v) is 4.15. The molecule has 0 rings (SSSR count). The van der Waals surface area contributed by atoms with E-state index in [-0.39, 0.29) is 4.90 Å². The Morgan fingerprint density at radius 2 is 1.67 bits per heavy atom. The molecule has 88 valence electrons. The van der Waals surface area contributed by atoms with Crippen LogP contribution in [0.1, 0.15) is 13.8 Å². The first-order valence-electron chi connectivity index (χ1n) is 4.15. The molecule has 0 bridgehead atoms. The molecule has 1 atom stereocenters. The van der Waals surface area contributed by atoms with Gasteiger partial charge in [-0.25, -0.2) is 4.79 Å². The van der Waals surface area contributed by atoms with Crippen molar-refractivity contribution in [3.8, 4) is 0 Å². The maximum atomic E-state index is 12.0. The van der Waals surface area contributed by atoms with Gasteiger partial charge in [-0.1, -0.05) is 13.8 Å². The second-order valence-electron chi connectivity index (χ2n) is 3.44. The zero-order chi connectivity index (χ0) is 12.4. The third-order valence-electron chi connectivity index (χ3n) is 1.86.